The number of rotatable bonds is 5. The first kappa shape index (κ1) is 14.8. The average molecular weight is 289 g/mol. The number of anilines is 1. The molecule has 1 aliphatic rings. The van der Waals surface area contributed by atoms with E-state index in [9.17, 15) is 14.9 Å². The Morgan fingerprint density at radius 2 is 2.14 bits per heavy atom. The Morgan fingerprint density at radius 3 is 2.67 bits per heavy atom. The minimum absolute atomic E-state index is 0.0792. The Labute approximate surface area is 121 Å². The van der Waals surface area contributed by atoms with Crippen LogP contribution in [0, 0.1) is 21.4 Å². The van der Waals surface area contributed by atoms with Gasteiger partial charge in [-0.25, -0.2) is 0 Å². The van der Waals surface area contributed by atoms with E-state index in [2.05, 4.69) is 5.32 Å². The fourth-order valence-electron chi connectivity index (χ4n) is 2.83. The maximum atomic E-state index is 11.1. The van der Waals surface area contributed by atoms with Crippen LogP contribution >= 0.6 is 0 Å². The van der Waals surface area contributed by atoms with Crippen LogP contribution in [0.5, 0.6) is 0 Å². The first-order chi connectivity index (χ1) is 9.96. The molecule has 7 nitrogen and oxygen atoms in total. The van der Waals surface area contributed by atoms with E-state index >= 15 is 0 Å². The standard InChI is InChI=1S/C14H15N3O4/c15-9-10-3-4-11(12(7-10)17(20)21)16-14(8-13(18)19)5-1-2-6-14/h3-4,7,16H,1-2,5-6,8H2,(H,18,19). The van der Waals surface area contributed by atoms with Gasteiger partial charge in [0.25, 0.3) is 5.69 Å². The van der Waals surface area contributed by atoms with E-state index in [1.54, 1.807) is 0 Å². The lowest BCUT2D eigenvalue weighted by Crippen LogP contribution is -2.37. The van der Waals surface area contributed by atoms with Gasteiger partial charge in [0.1, 0.15) is 5.69 Å². The predicted molar refractivity (Wildman–Crippen MR) is 74.9 cm³/mol. The summed E-state index contributed by atoms with van der Waals surface area (Å²) >= 11 is 0. The van der Waals surface area contributed by atoms with E-state index in [-0.39, 0.29) is 23.4 Å². The molecule has 2 rings (SSSR count). The van der Waals surface area contributed by atoms with E-state index in [0.717, 1.165) is 12.8 Å². The van der Waals surface area contributed by atoms with E-state index in [0.29, 0.717) is 12.8 Å². The van der Waals surface area contributed by atoms with Gasteiger partial charge in [-0.3, -0.25) is 14.9 Å². The molecule has 0 saturated heterocycles. The number of nitro groups is 1. The van der Waals surface area contributed by atoms with Crippen LogP contribution in [0.2, 0.25) is 0 Å². The molecule has 2 N–H and O–H groups in total. The molecule has 110 valence electrons. The normalized spacial score (nSPS) is 16.1. The summed E-state index contributed by atoms with van der Waals surface area (Å²) in [5, 5.41) is 32.1. The summed E-state index contributed by atoms with van der Waals surface area (Å²) in [5.74, 6) is -0.930. The van der Waals surface area contributed by atoms with Crippen molar-refractivity contribution in [1.82, 2.24) is 0 Å². The zero-order chi connectivity index (χ0) is 15.5. The summed E-state index contributed by atoms with van der Waals surface area (Å²) in [4.78, 5) is 21.6. The number of nitro benzene ring substituents is 1. The number of carbonyl (C=O) groups is 1. The predicted octanol–water partition coefficient (Wildman–Crippen LogP) is 2.67. The van der Waals surface area contributed by atoms with Gasteiger partial charge in [-0.2, -0.15) is 5.26 Å². The summed E-state index contributed by atoms with van der Waals surface area (Å²) in [6, 6.07) is 6.01. The van der Waals surface area contributed by atoms with Gasteiger partial charge in [0.2, 0.25) is 0 Å². The van der Waals surface area contributed by atoms with Gasteiger partial charge < -0.3 is 10.4 Å². The number of benzene rings is 1. The highest BCUT2D eigenvalue weighted by molar-refractivity contribution is 5.71. The van der Waals surface area contributed by atoms with Crippen molar-refractivity contribution in [1.29, 1.82) is 5.26 Å². The summed E-state index contributed by atoms with van der Waals surface area (Å²) in [5.41, 5.74) is -0.385. The van der Waals surface area contributed by atoms with E-state index in [1.807, 2.05) is 6.07 Å². The monoisotopic (exact) mass is 289 g/mol. The second kappa shape index (κ2) is 5.79. The van der Waals surface area contributed by atoms with Crippen molar-refractivity contribution in [3.05, 3.63) is 33.9 Å². The average Bonchev–Trinajstić information content (AvgIpc) is 2.86. The number of nitrogens with zero attached hydrogens (tertiary/aromatic N) is 2. The lowest BCUT2D eigenvalue weighted by molar-refractivity contribution is -0.384. The number of carboxylic acids is 1. The summed E-state index contributed by atoms with van der Waals surface area (Å²) < 4.78 is 0. The van der Waals surface area contributed by atoms with Crippen LogP contribution in [0.25, 0.3) is 0 Å². The Kier molecular flexibility index (Phi) is 4.08. The zero-order valence-corrected chi connectivity index (χ0v) is 11.3. The van der Waals surface area contributed by atoms with Crippen molar-refractivity contribution in [2.45, 2.75) is 37.6 Å². The van der Waals surface area contributed by atoms with Crippen LogP contribution in [0.3, 0.4) is 0 Å². The lowest BCUT2D eigenvalue weighted by Gasteiger charge is -2.29. The third-order valence-electron chi connectivity index (χ3n) is 3.77. The van der Waals surface area contributed by atoms with Crippen LogP contribution in [0.1, 0.15) is 37.7 Å². The van der Waals surface area contributed by atoms with Gasteiger partial charge in [-0.1, -0.05) is 12.8 Å². The molecule has 1 saturated carbocycles. The smallest absolute Gasteiger partial charge is 0.305 e. The van der Waals surface area contributed by atoms with Crippen LogP contribution in [-0.2, 0) is 4.79 Å². The Balaban J connectivity index is 2.35. The second-order valence-electron chi connectivity index (χ2n) is 5.28. The number of aliphatic carboxylic acids is 1. The minimum Gasteiger partial charge on any atom is -0.481 e. The van der Waals surface area contributed by atoms with Crippen molar-refractivity contribution in [2.75, 3.05) is 5.32 Å². The molecule has 21 heavy (non-hydrogen) atoms. The maximum Gasteiger partial charge on any atom is 0.305 e. The van der Waals surface area contributed by atoms with Crippen molar-refractivity contribution in [3.8, 4) is 6.07 Å². The molecule has 1 aliphatic carbocycles. The van der Waals surface area contributed by atoms with Crippen molar-refractivity contribution in [3.63, 3.8) is 0 Å². The SMILES string of the molecule is N#Cc1ccc(NC2(CC(=O)O)CCCC2)c([N+](=O)[O-])c1. The molecule has 0 heterocycles. The molecule has 0 aromatic heterocycles. The molecule has 0 amide bonds. The van der Waals surface area contributed by atoms with Gasteiger partial charge in [-0.05, 0) is 25.0 Å². The third-order valence-corrected chi connectivity index (χ3v) is 3.77. The minimum atomic E-state index is -0.930. The van der Waals surface area contributed by atoms with E-state index in [4.69, 9.17) is 10.4 Å². The number of hydrogen-bond donors (Lipinski definition) is 2. The number of carboxylic acid groups (broad SMARTS) is 1. The fourth-order valence-corrected chi connectivity index (χ4v) is 2.83. The first-order valence-electron chi connectivity index (χ1n) is 6.64. The Bertz CT molecular complexity index is 615. The second-order valence-corrected chi connectivity index (χ2v) is 5.28. The molecule has 0 spiro atoms. The van der Waals surface area contributed by atoms with Crippen LogP contribution in [-0.4, -0.2) is 21.5 Å². The molecule has 1 aromatic carbocycles. The van der Waals surface area contributed by atoms with E-state index < -0.39 is 16.4 Å². The largest absolute Gasteiger partial charge is 0.481 e. The van der Waals surface area contributed by atoms with Gasteiger partial charge in [0.05, 0.1) is 23.0 Å². The van der Waals surface area contributed by atoms with Crippen LogP contribution < -0.4 is 5.32 Å². The quantitative estimate of drug-likeness (QED) is 0.635. The molecule has 1 aromatic rings. The molecule has 1 fully saturated rings. The number of nitriles is 1. The maximum absolute atomic E-state index is 11.1. The highest BCUT2D eigenvalue weighted by Gasteiger charge is 2.37. The topological polar surface area (TPSA) is 116 Å². The first-order valence-corrected chi connectivity index (χ1v) is 6.64. The van der Waals surface area contributed by atoms with E-state index in [1.165, 1.54) is 18.2 Å². The molecular formula is C14H15N3O4. The van der Waals surface area contributed by atoms with Crippen LogP contribution in [0.15, 0.2) is 18.2 Å². The lowest BCUT2D eigenvalue weighted by atomic mass is 9.92. The highest BCUT2D eigenvalue weighted by Crippen LogP contribution is 2.38. The zero-order valence-electron chi connectivity index (χ0n) is 11.3. The Hall–Kier alpha value is -2.62. The molecule has 0 atom stereocenters. The Morgan fingerprint density at radius 1 is 1.48 bits per heavy atom. The highest BCUT2D eigenvalue weighted by atomic mass is 16.6. The molecule has 7 heteroatoms. The number of nitrogens with one attached hydrogen (secondary N) is 1. The molecular weight excluding hydrogens is 274 g/mol. The van der Waals surface area contributed by atoms with Crippen molar-refractivity contribution in [2.24, 2.45) is 0 Å². The van der Waals surface area contributed by atoms with Gasteiger partial charge in [-0.15, -0.1) is 0 Å². The van der Waals surface area contributed by atoms with Crippen LogP contribution in [0.4, 0.5) is 11.4 Å². The third kappa shape index (κ3) is 3.28. The van der Waals surface area contributed by atoms with Gasteiger partial charge in [0.15, 0.2) is 0 Å². The van der Waals surface area contributed by atoms with Crippen molar-refractivity contribution >= 4 is 17.3 Å². The summed E-state index contributed by atoms with van der Waals surface area (Å²) in [6.45, 7) is 0. The summed E-state index contributed by atoms with van der Waals surface area (Å²) in [6.07, 6.45) is 3.03. The molecule has 0 unspecified atom stereocenters. The van der Waals surface area contributed by atoms with Gasteiger partial charge >= 0.3 is 5.97 Å². The van der Waals surface area contributed by atoms with Gasteiger partial charge in [0, 0.05) is 11.6 Å². The molecule has 0 aliphatic heterocycles. The van der Waals surface area contributed by atoms with Crippen molar-refractivity contribution < 1.29 is 14.8 Å². The molecule has 0 bridgehead atoms. The number of hydrogen-bond acceptors (Lipinski definition) is 5. The molecule has 0 radical (unpaired) electrons. The fraction of sp³-hybridized carbons (Fsp3) is 0.429. The summed E-state index contributed by atoms with van der Waals surface area (Å²) in [7, 11) is 0.